The van der Waals surface area contributed by atoms with Crippen molar-refractivity contribution < 1.29 is 38.1 Å². The lowest BCUT2D eigenvalue weighted by molar-refractivity contribution is -0.119. The van der Waals surface area contributed by atoms with Gasteiger partial charge in [-0.1, -0.05) is 11.6 Å². The first kappa shape index (κ1) is 22.4. The maximum atomic E-state index is 12.3. The van der Waals surface area contributed by atoms with Gasteiger partial charge < -0.3 is 24.3 Å². The number of rotatable bonds is 7. The van der Waals surface area contributed by atoms with Gasteiger partial charge in [0.05, 0.1) is 32.5 Å². The number of nitrogens with one attached hydrogen (secondary N) is 1. The number of anilines is 1. The van der Waals surface area contributed by atoms with Gasteiger partial charge in [0, 0.05) is 5.69 Å². The van der Waals surface area contributed by atoms with Crippen LogP contribution in [0.3, 0.4) is 0 Å². The van der Waals surface area contributed by atoms with Crippen molar-refractivity contribution in [3.05, 3.63) is 58.7 Å². The average molecular weight is 415 g/mol. The Morgan fingerprint density at radius 1 is 0.833 bits per heavy atom. The van der Waals surface area contributed by atoms with Crippen LogP contribution in [0.5, 0.6) is 5.75 Å². The van der Waals surface area contributed by atoms with E-state index in [4.69, 9.17) is 9.47 Å². The molecule has 0 radical (unpaired) electrons. The molecule has 1 N–H and O–H groups in total. The molecule has 0 aliphatic carbocycles. The summed E-state index contributed by atoms with van der Waals surface area (Å²) in [6.07, 6.45) is 0. The number of carbonyl (C=O) groups excluding carboxylic acids is 4. The summed E-state index contributed by atoms with van der Waals surface area (Å²) in [5, 5.41) is 2.46. The van der Waals surface area contributed by atoms with Gasteiger partial charge in [0.1, 0.15) is 11.3 Å². The molecule has 0 unspecified atom stereocenters. The van der Waals surface area contributed by atoms with Crippen LogP contribution in [0.25, 0.3) is 0 Å². The van der Waals surface area contributed by atoms with Gasteiger partial charge in [-0.15, -0.1) is 0 Å². The summed E-state index contributed by atoms with van der Waals surface area (Å²) in [6, 6.07) is 8.90. The number of carbonyl (C=O) groups is 4. The van der Waals surface area contributed by atoms with E-state index in [1.54, 1.807) is 25.1 Å². The molecule has 0 aliphatic heterocycles. The molecule has 2 aromatic rings. The standard InChI is InChI=1S/C21H21NO8/c1-12-5-6-17(27-2)16(7-12)21(26)30-11-18(23)22-15-9-13(19(24)28-3)8-14(10-15)20(25)29-4/h5-10H,11H2,1-4H3,(H,22,23). The molecule has 0 bridgehead atoms. The van der Waals surface area contributed by atoms with Crippen molar-refractivity contribution >= 4 is 29.5 Å². The summed E-state index contributed by atoms with van der Waals surface area (Å²) in [7, 11) is 3.79. The Morgan fingerprint density at radius 2 is 1.43 bits per heavy atom. The third-order valence-electron chi connectivity index (χ3n) is 3.97. The highest BCUT2D eigenvalue weighted by Crippen LogP contribution is 2.21. The van der Waals surface area contributed by atoms with Gasteiger partial charge in [-0.2, -0.15) is 0 Å². The summed E-state index contributed by atoms with van der Waals surface area (Å²) < 4.78 is 19.4. The van der Waals surface area contributed by atoms with E-state index in [9.17, 15) is 19.2 Å². The van der Waals surface area contributed by atoms with Crippen molar-refractivity contribution in [2.45, 2.75) is 6.92 Å². The fourth-order valence-electron chi connectivity index (χ4n) is 2.56. The molecule has 30 heavy (non-hydrogen) atoms. The molecule has 0 saturated carbocycles. The highest BCUT2D eigenvalue weighted by molar-refractivity contribution is 6.00. The van der Waals surface area contributed by atoms with Gasteiger partial charge in [0.25, 0.3) is 5.91 Å². The van der Waals surface area contributed by atoms with Crippen molar-refractivity contribution in [2.24, 2.45) is 0 Å². The second kappa shape index (κ2) is 10.1. The fourth-order valence-corrected chi connectivity index (χ4v) is 2.56. The summed E-state index contributed by atoms with van der Waals surface area (Å²) in [6.45, 7) is 1.21. The minimum Gasteiger partial charge on any atom is -0.496 e. The summed E-state index contributed by atoms with van der Waals surface area (Å²) in [5.74, 6) is -2.49. The second-order valence-electron chi connectivity index (χ2n) is 6.11. The second-order valence-corrected chi connectivity index (χ2v) is 6.11. The highest BCUT2D eigenvalue weighted by atomic mass is 16.5. The van der Waals surface area contributed by atoms with Crippen molar-refractivity contribution in [3.63, 3.8) is 0 Å². The number of hydrogen-bond acceptors (Lipinski definition) is 8. The van der Waals surface area contributed by atoms with Gasteiger partial charge in [0.15, 0.2) is 6.61 Å². The largest absolute Gasteiger partial charge is 0.496 e. The maximum Gasteiger partial charge on any atom is 0.342 e. The van der Waals surface area contributed by atoms with Crippen LogP contribution in [0.15, 0.2) is 36.4 Å². The van der Waals surface area contributed by atoms with Crippen LogP contribution < -0.4 is 10.1 Å². The van der Waals surface area contributed by atoms with Crippen LogP contribution in [0, 0.1) is 6.92 Å². The minimum atomic E-state index is -0.732. The Kier molecular flexibility index (Phi) is 7.51. The topological polar surface area (TPSA) is 117 Å². The Morgan fingerprint density at radius 3 is 1.97 bits per heavy atom. The molecule has 2 aromatic carbocycles. The Balaban J connectivity index is 2.12. The molecule has 0 aliphatic rings. The number of aryl methyl sites for hydroxylation is 1. The van der Waals surface area contributed by atoms with Crippen molar-refractivity contribution in [1.82, 2.24) is 0 Å². The van der Waals surface area contributed by atoms with Crippen LogP contribution in [-0.4, -0.2) is 51.8 Å². The van der Waals surface area contributed by atoms with Crippen LogP contribution in [0.1, 0.15) is 36.6 Å². The molecule has 0 aromatic heterocycles. The Labute approximate surface area is 172 Å². The van der Waals surface area contributed by atoms with Gasteiger partial charge in [-0.25, -0.2) is 14.4 Å². The van der Waals surface area contributed by atoms with E-state index in [1.807, 2.05) is 0 Å². The number of methoxy groups -OCH3 is 3. The first-order valence-electron chi connectivity index (χ1n) is 8.72. The fraction of sp³-hybridized carbons (Fsp3) is 0.238. The number of ether oxygens (including phenoxy) is 4. The van der Waals surface area contributed by atoms with Crippen LogP contribution in [0.2, 0.25) is 0 Å². The molecule has 0 heterocycles. The van der Waals surface area contributed by atoms with E-state index >= 15 is 0 Å². The van der Waals surface area contributed by atoms with Gasteiger partial charge in [-0.05, 0) is 37.3 Å². The van der Waals surface area contributed by atoms with E-state index in [0.717, 1.165) is 5.56 Å². The zero-order valence-electron chi connectivity index (χ0n) is 16.9. The molecule has 0 fully saturated rings. The van der Waals surface area contributed by atoms with Crippen molar-refractivity contribution in [3.8, 4) is 5.75 Å². The minimum absolute atomic E-state index is 0.0391. The van der Waals surface area contributed by atoms with Crippen LogP contribution in [-0.2, 0) is 19.0 Å². The van der Waals surface area contributed by atoms with Gasteiger partial charge >= 0.3 is 17.9 Å². The average Bonchev–Trinajstić information content (AvgIpc) is 2.75. The van der Waals surface area contributed by atoms with E-state index in [-0.39, 0.29) is 22.4 Å². The molecular weight excluding hydrogens is 394 g/mol. The molecule has 2 rings (SSSR count). The first-order chi connectivity index (χ1) is 14.3. The van der Waals surface area contributed by atoms with E-state index in [1.165, 1.54) is 39.5 Å². The highest BCUT2D eigenvalue weighted by Gasteiger charge is 2.18. The quantitative estimate of drug-likeness (QED) is 0.541. The normalized spacial score (nSPS) is 10.0. The molecular formula is C21H21NO8. The number of hydrogen-bond donors (Lipinski definition) is 1. The van der Waals surface area contributed by atoms with Crippen molar-refractivity contribution in [1.29, 1.82) is 0 Å². The van der Waals surface area contributed by atoms with Crippen LogP contribution >= 0.6 is 0 Å². The molecule has 0 atom stereocenters. The number of benzene rings is 2. The number of esters is 3. The molecule has 0 spiro atoms. The Bertz CT molecular complexity index is 949. The predicted octanol–water partition coefficient (Wildman–Crippen LogP) is 2.37. The number of amides is 1. The molecule has 158 valence electrons. The lowest BCUT2D eigenvalue weighted by Gasteiger charge is -2.11. The lowest BCUT2D eigenvalue weighted by Crippen LogP contribution is -2.21. The van der Waals surface area contributed by atoms with E-state index in [0.29, 0.717) is 5.75 Å². The molecule has 0 saturated heterocycles. The third-order valence-corrected chi connectivity index (χ3v) is 3.97. The van der Waals surface area contributed by atoms with E-state index in [2.05, 4.69) is 14.8 Å². The Hall–Kier alpha value is -3.88. The maximum absolute atomic E-state index is 12.3. The molecule has 9 heteroatoms. The third kappa shape index (κ3) is 5.57. The summed E-state index contributed by atoms with van der Waals surface area (Å²) in [4.78, 5) is 48.1. The van der Waals surface area contributed by atoms with E-state index < -0.39 is 30.4 Å². The molecule has 1 amide bonds. The summed E-state index contributed by atoms with van der Waals surface area (Å²) >= 11 is 0. The smallest absolute Gasteiger partial charge is 0.342 e. The van der Waals surface area contributed by atoms with Crippen molar-refractivity contribution in [2.75, 3.05) is 33.3 Å². The van der Waals surface area contributed by atoms with Crippen LogP contribution in [0.4, 0.5) is 5.69 Å². The predicted molar refractivity (Wildman–Crippen MR) is 106 cm³/mol. The first-order valence-corrected chi connectivity index (χ1v) is 8.72. The zero-order chi connectivity index (χ0) is 22.3. The summed E-state index contributed by atoms with van der Waals surface area (Å²) in [5.41, 5.74) is 1.22. The molecule has 9 nitrogen and oxygen atoms in total. The van der Waals surface area contributed by atoms with Gasteiger partial charge in [-0.3, -0.25) is 4.79 Å². The SMILES string of the molecule is COC(=O)c1cc(NC(=O)COC(=O)c2cc(C)ccc2OC)cc(C(=O)OC)c1. The zero-order valence-corrected chi connectivity index (χ0v) is 16.9. The lowest BCUT2D eigenvalue weighted by atomic mass is 10.1. The monoisotopic (exact) mass is 415 g/mol. The van der Waals surface area contributed by atoms with Gasteiger partial charge in [0.2, 0.25) is 0 Å².